The minimum Gasteiger partial charge on any atom is -0.375 e. The number of nitrogens with zero attached hydrogens (tertiary/aromatic N) is 2. The first-order valence-corrected chi connectivity index (χ1v) is 8.49. The second-order valence-corrected chi connectivity index (χ2v) is 7.04. The van der Waals surface area contributed by atoms with E-state index in [1.807, 2.05) is 6.07 Å². The molecule has 0 unspecified atom stereocenters. The Labute approximate surface area is 135 Å². The fourth-order valence-corrected chi connectivity index (χ4v) is 4.22. The number of carbonyl (C=O) groups is 1. The van der Waals surface area contributed by atoms with Gasteiger partial charge in [0.15, 0.2) is 0 Å². The topological polar surface area (TPSA) is 74.7 Å². The van der Waals surface area contributed by atoms with Crippen LogP contribution in [0.2, 0.25) is 0 Å². The third-order valence-electron chi connectivity index (χ3n) is 5.61. The smallest absolute Gasteiger partial charge is 0.276 e. The largest absolute Gasteiger partial charge is 0.375 e. The van der Waals surface area contributed by atoms with Gasteiger partial charge < -0.3 is 4.74 Å². The Hall–Kier alpha value is -1.50. The van der Waals surface area contributed by atoms with E-state index in [0.717, 1.165) is 50.2 Å². The Morgan fingerprint density at radius 1 is 1.43 bits per heavy atom. The molecule has 1 aromatic rings. The molecule has 124 valence electrons. The quantitative estimate of drug-likeness (QED) is 0.641. The van der Waals surface area contributed by atoms with Gasteiger partial charge in [-0.05, 0) is 50.2 Å². The average Bonchev–Trinajstić information content (AvgIpc) is 2.58. The number of aromatic nitrogens is 1. The lowest BCUT2D eigenvalue weighted by molar-refractivity contribution is -0.162. The molecular weight excluding hydrogens is 294 g/mol. The summed E-state index contributed by atoms with van der Waals surface area (Å²) in [5, 5.41) is 8.72. The molecule has 3 aliphatic rings. The number of nitrogens with one attached hydrogen (secondary N) is 1. The normalized spacial score (nSPS) is 30.6. The van der Waals surface area contributed by atoms with Gasteiger partial charge in [-0.3, -0.25) is 19.9 Å². The highest BCUT2D eigenvalue weighted by Crippen LogP contribution is 2.45. The molecule has 1 aliphatic carbocycles. The third kappa shape index (κ3) is 2.75. The number of amides is 1. The number of hydroxylamine groups is 1. The molecule has 0 radical (unpaired) electrons. The summed E-state index contributed by atoms with van der Waals surface area (Å²) in [6.07, 6.45) is 8.45. The van der Waals surface area contributed by atoms with Crippen LogP contribution in [0.4, 0.5) is 0 Å². The fraction of sp³-hybridized carbons (Fsp3) is 0.647. The van der Waals surface area contributed by atoms with Crippen LogP contribution in [-0.2, 0) is 17.7 Å². The molecule has 1 spiro atoms. The van der Waals surface area contributed by atoms with Gasteiger partial charge in [-0.1, -0.05) is 0 Å². The van der Waals surface area contributed by atoms with Crippen molar-refractivity contribution in [2.24, 2.45) is 0 Å². The monoisotopic (exact) mass is 317 g/mol. The molecule has 3 heterocycles. The van der Waals surface area contributed by atoms with Crippen LogP contribution in [0.25, 0.3) is 0 Å². The molecule has 23 heavy (non-hydrogen) atoms. The van der Waals surface area contributed by atoms with E-state index in [2.05, 4.69) is 9.88 Å². The van der Waals surface area contributed by atoms with Gasteiger partial charge in [0.25, 0.3) is 5.91 Å². The molecule has 6 nitrogen and oxygen atoms in total. The Kier molecular flexibility index (Phi) is 3.83. The number of hydrogen-bond donors (Lipinski definition) is 2. The molecule has 1 saturated heterocycles. The maximum atomic E-state index is 11.5. The van der Waals surface area contributed by atoms with Gasteiger partial charge >= 0.3 is 0 Å². The Morgan fingerprint density at radius 2 is 2.30 bits per heavy atom. The maximum Gasteiger partial charge on any atom is 0.276 e. The number of fused-ring (bicyclic) bond motifs is 1. The highest BCUT2D eigenvalue weighted by atomic mass is 16.5. The van der Waals surface area contributed by atoms with Gasteiger partial charge in [0.2, 0.25) is 0 Å². The van der Waals surface area contributed by atoms with Crippen LogP contribution in [0, 0.1) is 0 Å². The summed E-state index contributed by atoms with van der Waals surface area (Å²) in [5.74, 6) is -0.502. The summed E-state index contributed by atoms with van der Waals surface area (Å²) in [6, 6.07) is 2.45. The lowest BCUT2D eigenvalue weighted by atomic mass is 9.70. The second kappa shape index (κ2) is 5.85. The summed E-state index contributed by atoms with van der Waals surface area (Å²) in [7, 11) is 0. The predicted molar refractivity (Wildman–Crippen MR) is 83.2 cm³/mol. The lowest BCUT2D eigenvalue weighted by Gasteiger charge is -2.53. The lowest BCUT2D eigenvalue weighted by Crippen LogP contribution is -2.58. The van der Waals surface area contributed by atoms with E-state index < -0.39 is 5.91 Å². The minimum absolute atomic E-state index is 0.166. The number of ether oxygens (including phenoxy) is 1. The van der Waals surface area contributed by atoms with Crippen LogP contribution in [0.3, 0.4) is 0 Å². The first kappa shape index (κ1) is 15.1. The molecule has 2 aliphatic heterocycles. The van der Waals surface area contributed by atoms with Crippen LogP contribution in [-0.4, -0.2) is 45.8 Å². The molecular formula is C17H23N3O3. The molecule has 0 aromatic carbocycles. The summed E-state index contributed by atoms with van der Waals surface area (Å²) in [5.41, 5.74) is 4.41. The zero-order chi connectivity index (χ0) is 15.9. The molecule has 1 saturated carbocycles. The van der Waals surface area contributed by atoms with Crippen molar-refractivity contribution < 1.29 is 14.7 Å². The average molecular weight is 317 g/mol. The molecule has 0 bridgehead atoms. The van der Waals surface area contributed by atoms with E-state index in [4.69, 9.17) is 9.94 Å². The second-order valence-electron chi connectivity index (χ2n) is 7.04. The van der Waals surface area contributed by atoms with Gasteiger partial charge in [0, 0.05) is 31.9 Å². The van der Waals surface area contributed by atoms with E-state index >= 15 is 0 Å². The zero-order valence-corrected chi connectivity index (χ0v) is 13.3. The van der Waals surface area contributed by atoms with Crippen molar-refractivity contribution in [1.82, 2.24) is 15.4 Å². The number of rotatable bonds is 2. The fourth-order valence-electron chi connectivity index (χ4n) is 4.22. The molecule has 1 amide bonds. The summed E-state index contributed by atoms with van der Waals surface area (Å²) in [4.78, 5) is 18.4. The van der Waals surface area contributed by atoms with E-state index in [-0.39, 0.29) is 5.60 Å². The molecule has 6 heteroatoms. The standard InChI is InChI=1S/C17H23N3O3/c21-16(19-22)13-7-12-3-5-20(11-15(12)18-10-13)14-8-17(9-14)4-1-2-6-23-17/h7,10,14,22H,1-6,8-9,11H2,(H,19,21)/t14-,17+. The Morgan fingerprint density at radius 3 is 3.04 bits per heavy atom. The van der Waals surface area contributed by atoms with Crippen LogP contribution >= 0.6 is 0 Å². The van der Waals surface area contributed by atoms with Crippen LogP contribution in [0.15, 0.2) is 12.3 Å². The maximum absolute atomic E-state index is 11.5. The molecule has 0 atom stereocenters. The highest BCUT2D eigenvalue weighted by molar-refractivity contribution is 5.93. The van der Waals surface area contributed by atoms with Gasteiger partial charge in [0.1, 0.15) is 0 Å². The summed E-state index contributed by atoms with van der Waals surface area (Å²) < 4.78 is 6.04. The van der Waals surface area contributed by atoms with Crippen molar-refractivity contribution in [2.75, 3.05) is 13.2 Å². The van der Waals surface area contributed by atoms with Crippen molar-refractivity contribution in [2.45, 2.75) is 56.7 Å². The van der Waals surface area contributed by atoms with E-state index in [0.29, 0.717) is 11.6 Å². The molecule has 2 fully saturated rings. The minimum atomic E-state index is -0.502. The van der Waals surface area contributed by atoms with Crippen molar-refractivity contribution in [3.05, 3.63) is 29.1 Å². The van der Waals surface area contributed by atoms with Gasteiger partial charge in [0.05, 0.1) is 16.9 Å². The summed E-state index contributed by atoms with van der Waals surface area (Å²) in [6.45, 7) is 2.77. The predicted octanol–water partition coefficient (Wildman–Crippen LogP) is 1.66. The molecule has 4 rings (SSSR count). The number of carbonyl (C=O) groups excluding carboxylic acids is 1. The summed E-state index contributed by atoms with van der Waals surface area (Å²) >= 11 is 0. The zero-order valence-electron chi connectivity index (χ0n) is 13.3. The van der Waals surface area contributed by atoms with Crippen LogP contribution < -0.4 is 5.48 Å². The van der Waals surface area contributed by atoms with Gasteiger partial charge in [-0.15, -0.1) is 0 Å². The number of hydrogen-bond acceptors (Lipinski definition) is 5. The number of pyridine rings is 1. The van der Waals surface area contributed by atoms with Crippen molar-refractivity contribution in [3.63, 3.8) is 0 Å². The van der Waals surface area contributed by atoms with E-state index in [1.165, 1.54) is 19.3 Å². The SMILES string of the molecule is O=C(NO)c1cnc2c(c1)CCN([C@H]1C[C@]3(CCCCO3)C1)C2. The Balaban J connectivity index is 1.41. The van der Waals surface area contributed by atoms with Crippen molar-refractivity contribution >= 4 is 5.91 Å². The van der Waals surface area contributed by atoms with E-state index in [9.17, 15) is 4.79 Å². The highest BCUT2D eigenvalue weighted by Gasteiger charge is 2.48. The van der Waals surface area contributed by atoms with Gasteiger partial charge in [-0.25, -0.2) is 5.48 Å². The van der Waals surface area contributed by atoms with Crippen LogP contribution in [0.1, 0.15) is 53.7 Å². The Bertz CT molecular complexity index is 605. The van der Waals surface area contributed by atoms with Crippen molar-refractivity contribution in [3.8, 4) is 0 Å². The van der Waals surface area contributed by atoms with Crippen LogP contribution in [0.5, 0.6) is 0 Å². The molecule has 2 N–H and O–H groups in total. The van der Waals surface area contributed by atoms with Crippen molar-refractivity contribution in [1.29, 1.82) is 0 Å². The third-order valence-corrected chi connectivity index (χ3v) is 5.61. The first-order valence-electron chi connectivity index (χ1n) is 8.49. The van der Waals surface area contributed by atoms with Gasteiger partial charge in [-0.2, -0.15) is 0 Å². The first-order chi connectivity index (χ1) is 11.2. The van der Waals surface area contributed by atoms with E-state index in [1.54, 1.807) is 11.7 Å². The molecule has 1 aromatic heterocycles.